The predicted octanol–water partition coefficient (Wildman–Crippen LogP) is 4.12. The molecule has 0 amide bonds. The predicted molar refractivity (Wildman–Crippen MR) is 76.6 cm³/mol. The Balaban J connectivity index is 1.63. The molecule has 2 nitrogen and oxygen atoms in total. The van der Waals surface area contributed by atoms with Gasteiger partial charge in [0, 0.05) is 12.0 Å². The molecule has 0 aromatic heterocycles. The van der Waals surface area contributed by atoms with E-state index >= 15 is 0 Å². The summed E-state index contributed by atoms with van der Waals surface area (Å²) in [6.45, 7) is 0.659. The first-order valence-corrected chi connectivity index (χ1v) is 6.62. The largest absolute Gasteiger partial charge is 0.494 e. The van der Waals surface area contributed by atoms with Crippen molar-refractivity contribution >= 4 is 5.78 Å². The minimum absolute atomic E-state index is 0.209. The Hall–Kier alpha value is -2.09. The number of carbonyl (C=O) groups is 1. The van der Waals surface area contributed by atoms with E-state index in [-0.39, 0.29) is 5.78 Å². The van der Waals surface area contributed by atoms with Crippen molar-refractivity contribution in [3.63, 3.8) is 0 Å². The van der Waals surface area contributed by atoms with Gasteiger partial charge in [-0.25, -0.2) is 0 Å². The monoisotopic (exact) mass is 254 g/mol. The molecule has 0 N–H and O–H groups in total. The fraction of sp³-hybridized carbons (Fsp3) is 0.235. The molecule has 0 aliphatic rings. The molecule has 0 atom stereocenters. The van der Waals surface area contributed by atoms with Crippen molar-refractivity contribution in [1.82, 2.24) is 0 Å². The minimum Gasteiger partial charge on any atom is -0.494 e. The summed E-state index contributed by atoms with van der Waals surface area (Å²) in [6, 6.07) is 19.2. The van der Waals surface area contributed by atoms with E-state index in [1.54, 1.807) is 0 Å². The maximum absolute atomic E-state index is 11.8. The van der Waals surface area contributed by atoms with Gasteiger partial charge in [-0.3, -0.25) is 4.79 Å². The second kappa shape index (κ2) is 7.37. The fourth-order valence-corrected chi connectivity index (χ4v) is 1.86. The number of para-hydroxylation sites is 1. The Morgan fingerprint density at radius 2 is 1.47 bits per heavy atom. The Morgan fingerprint density at radius 1 is 0.842 bits per heavy atom. The Bertz CT molecular complexity index is 491. The molecule has 0 spiro atoms. The molecule has 0 saturated heterocycles. The number of unbranched alkanes of at least 4 members (excludes halogenated alkanes) is 1. The highest BCUT2D eigenvalue weighted by Crippen LogP contribution is 2.10. The molecule has 0 aliphatic carbocycles. The zero-order valence-corrected chi connectivity index (χ0v) is 10.9. The number of ether oxygens (including phenoxy) is 1. The number of rotatable bonds is 7. The summed E-state index contributed by atoms with van der Waals surface area (Å²) < 4.78 is 5.58. The van der Waals surface area contributed by atoms with Crippen molar-refractivity contribution in [2.45, 2.75) is 19.3 Å². The second-order valence-electron chi connectivity index (χ2n) is 4.41. The summed E-state index contributed by atoms with van der Waals surface area (Å²) in [5.41, 5.74) is 0.798. The third-order valence-electron chi connectivity index (χ3n) is 2.91. The van der Waals surface area contributed by atoms with E-state index in [4.69, 9.17) is 4.74 Å². The topological polar surface area (TPSA) is 26.3 Å². The zero-order chi connectivity index (χ0) is 13.3. The lowest BCUT2D eigenvalue weighted by Gasteiger charge is -2.05. The summed E-state index contributed by atoms with van der Waals surface area (Å²) in [7, 11) is 0. The normalized spacial score (nSPS) is 10.1. The lowest BCUT2D eigenvalue weighted by atomic mass is 10.1. The van der Waals surface area contributed by atoms with Crippen LogP contribution in [0.5, 0.6) is 5.75 Å². The SMILES string of the molecule is O=C(CCCCOc1ccccc1)c1ccccc1. The zero-order valence-electron chi connectivity index (χ0n) is 10.9. The van der Waals surface area contributed by atoms with E-state index in [1.165, 1.54) is 0 Å². The van der Waals surface area contributed by atoms with Gasteiger partial charge in [0.2, 0.25) is 0 Å². The van der Waals surface area contributed by atoms with Crippen LogP contribution in [0.15, 0.2) is 60.7 Å². The molecular formula is C17H18O2. The molecule has 98 valence electrons. The van der Waals surface area contributed by atoms with Crippen LogP contribution in [0.1, 0.15) is 29.6 Å². The van der Waals surface area contributed by atoms with Gasteiger partial charge in [-0.1, -0.05) is 48.5 Å². The first kappa shape index (κ1) is 13.3. The standard InChI is InChI=1S/C17H18O2/c18-17(15-9-3-1-4-10-15)13-7-8-14-19-16-11-5-2-6-12-16/h1-6,9-12H,7-8,13-14H2. The molecule has 0 unspecified atom stereocenters. The average Bonchev–Trinajstić information content (AvgIpc) is 2.49. The molecule has 0 fully saturated rings. The van der Waals surface area contributed by atoms with Gasteiger partial charge >= 0.3 is 0 Å². The van der Waals surface area contributed by atoms with Gasteiger partial charge < -0.3 is 4.74 Å². The highest BCUT2D eigenvalue weighted by Gasteiger charge is 2.04. The number of benzene rings is 2. The van der Waals surface area contributed by atoms with Crippen molar-refractivity contribution in [2.24, 2.45) is 0 Å². The molecule has 2 heteroatoms. The molecule has 0 bridgehead atoms. The molecule has 2 aromatic carbocycles. The lowest BCUT2D eigenvalue weighted by Crippen LogP contribution is -2.01. The summed E-state index contributed by atoms with van der Waals surface area (Å²) in [5.74, 6) is 1.09. The smallest absolute Gasteiger partial charge is 0.162 e. The third-order valence-corrected chi connectivity index (χ3v) is 2.91. The van der Waals surface area contributed by atoms with Gasteiger partial charge in [-0.05, 0) is 25.0 Å². The van der Waals surface area contributed by atoms with Crippen LogP contribution < -0.4 is 4.74 Å². The number of carbonyl (C=O) groups excluding carboxylic acids is 1. The van der Waals surface area contributed by atoms with Crippen LogP contribution in [0.2, 0.25) is 0 Å². The molecule has 2 rings (SSSR count). The van der Waals surface area contributed by atoms with Crippen LogP contribution in [0.3, 0.4) is 0 Å². The molecule has 0 aliphatic heterocycles. The van der Waals surface area contributed by atoms with Crippen LogP contribution in [-0.2, 0) is 0 Å². The minimum atomic E-state index is 0.209. The number of Topliss-reactive ketones (excluding diaryl/α,β-unsaturated/α-hetero) is 1. The summed E-state index contributed by atoms with van der Waals surface area (Å²) in [5, 5.41) is 0. The van der Waals surface area contributed by atoms with Crippen LogP contribution in [0.4, 0.5) is 0 Å². The van der Waals surface area contributed by atoms with Crippen molar-refractivity contribution in [3.8, 4) is 5.75 Å². The molecule has 19 heavy (non-hydrogen) atoms. The highest BCUT2D eigenvalue weighted by atomic mass is 16.5. The van der Waals surface area contributed by atoms with E-state index in [2.05, 4.69) is 0 Å². The fourth-order valence-electron chi connectivity index (χ4n) is 1.86. The van der Waals surface area contributed by atoms with E-state index in [0.29, 0.717) is 13.0 Å². The Morgan fingerprint density at radius 3 is 2.16 bits per heavy atom. The van der Waals surface area contributed by atoms with Crippen molar-refractivity contribution in [3.05, 3.63) is 66.2 Å². The van der Waals surface area contributed by atoms with E-state index in [9.17, 15) is 4.79 Å². The van der Waals surface area contributed by atoms with Crippen molar-refractivity contribution in [2.75, 3.05) is 6.61 Å². The first-order valence-electron chi connectivity index (χ1n) is 6.62. The second-order valence-corrected chi connectivity index (χ2v) is 4.41. The van der Waals surface area contributed by atoms with Crippen LogP contribution in [0, 0.1) is 0 Å². The third kappa shape index (κ3) is 4.59. The van der Waals surface area contributed by atoms with Gasteiger partial charge in [-0.2, -0.15) is 0 Å². The number of hydrogen-bond acceptors (Lipinski definition) is 2. The Kier molecular flexibility index (Phi) is 5.17. The number of ketones is 1. The lowest BCUT2D eigenvalue weighted by molar-refractivity contribution is 0.0978. The van der Waals surface area contributed by atoms with Crippen LogP contribution in [0.25, 0.3) is 0 Å². The van der Waals surface area contributed by atoms with Crippen molar-refractivity contribution < 1.29 is 9.53 Å². The highest BCUT2D eigenvalue weighted by molar-refractivity contribution is 5.95. The van der Waals surface area contributed by atoms with Crippen molar-refractivity contribution in [1.29, 1.82) is 0 Å². The quantitative estimate of drug-likeness (QED) is 0.549. The average molecular weight is 254 g/mol. The van der Waals surface area contributed by atoms with Crippen LogP contribution >= 0.6 is 0 Å². The molecular weight excluding hydrogens is 236 g/mol. The molecule has 2 aromatic rings. The van der Waals surface area contributed by atoms with Crippen LogP contribution in [-0.4, -0.2) is 12.4 Å². The van der Waals surface area contributed by atoms with E-state index in [0.717, 1.165) is 24.2 Å². The van der Waals surface area contributed by atoms with E-state index in [1.807, 2.05) is 60.7 Å². The molecule has 0 heterocycles. The molecule has 0 radical (unpaired) electrons. The van der Waals surface area contributed by atoms with Gasteiger partial charge in [-0.15, -0.1) is 0 Å². The summed E-state index contributed by atoms with van der Waals surface area (Å²) in [4.78, 5) is 11.8. The maximum atomic E-state index is 11.8. The van der Waals surface area contributed by atoms with E-state index < -0.39 is 0 Å². The van der Waals surface area contributed by atoms with Gasteiger partial charge in [0.1, 0.15) is 5.75 Å². The first-order chi connectivity index (χ1) is 9.36. The summed E-state index contributed by atoms with van der Waals surface area (Å²) in [6.07, 6.45) is 2.34. The Labute approximate surface area is 114 Å². The maximum Gasteiger partial charge on any atom is 0.162 e. The molecule has 0 saturated carbocycles. The van der Waals surface area contributed by atoms with Gasteiger partial charge in [0.15, 0.2) is 5.78 Å². The van der Waals surface area contributed by atoms with Gasteiger partial charge in [0.25, 0.3) is 0 Å². The van der Waals surface area contributed by atoms with Gasteiger partial charge in [0.05, 0.1) is 6.61 Å². The number of hydrogen-bond donors (Lipinski definition) is 0. The summed E-state index contributed by atoms with van der Waals surface area (Å²) >= 11 is 0.